The molecule has 2 N–H and O–H groups in total. The molecule has 0 saturated heterocycles. The lowest BCUT2D eigenvalue weighted by Gasteiger charge is -2.43. The molecule has 4 aliphatic rings. The second-order valence-electron chi connectivity index (χ2n) is 11.4. The van der Waals surface area contributed by atoms with Gasteiger partial charge < -0.3 is 14.9 Å². The van der Waals surface area contributed by atoms with Gasteiger partial charge in [-0.3, -0.25) is 9.59 Å². The van der Waals surface area contributed by atoms with Crippen LogP contribution < -0.4 is 0 Å². The monoisotopic (exact) mass is 450 g/mol. The molecule has 33 heavy (non-hydrogen) atoms. The number of aliphatic hydroxyl groups is 2. The SMILES string of the molecule is CC1=CC2C3[C@H](C)C[C@]4(OC(=O)Cc5ccccc5)[C@@H]([C@@H]3C=C(CO)C[C@]2(O)C1=O)C4(C)C. The fourth-order valence-electron chi connectivity index (χ4n) is 7.68. The van der Waals surface area contributed by atoms with Crippen LogP contribution in [-0.4, -0.2) is 39.8 Å². The molecule has 5 heteroatoms. The Morgan fingerprint density at radius 2 is 1.88 bits per heavy atom. The Hall–Kier alpha value is -2.24. The van der Waals surface area contributed by atoms with E-state index < -0.39 is 11.2 Å². The molecule has 0 aliphatic heterocycles. The van der Waals surface area contributed by atoms with Crippen LogP contribution in [0.1, 0.15) is 46.1 Å². The Morgan fingerprint density at radius 3 is 2.55 bits per heavy atom. The minimum Gasteiger partial charge on any atom is -0.458 e. The van der Waals surface area contributed by atoms with Crippen molar-refractivity contribution in [3.63, 3.8) is 0 Å². The molecule has 2 fully saturated rings. The van der Waals surface area contributed by atoms with Gasteiger partial charge in [-0.05, 0) is 47.8 Å². The van der Waals surface area contributed by atoms with Crippen LogP contribution in [0.4, 0.5) is 0 Å². The van der Waals surface area contributed by atoms with Crippen LogP contribution >= 0.6 is 0 Å². The second-order valence-corrected chi connectivity index (χ2v) is 11.4. The molecule has 0 aromatic heterocycles. The molecule has 5 nitrogen and oxygen atoms in total. The summed E-state index contributed by atoms with van der Waals surface area (Å²) in [6.07, 6.45) is 5.15. The minimum atomic E-state index is -1.49. The second kappa shape index (κ2) is 7.38. The molecule has 0 heterocycles. The zero-order valence-corrected chi connectivity index (χ0v) is 19.9. The van der Waals surface area contributed by atoms with Gasteiger partial charge in [0.15, 0.2) is 5.78 Å². The van der Waals surface area contributed by atoms with Crippen LogP contribution in [0.3, 0.4) is 0 Å². The van der Waals surface area contributed by atoms with Crippen molar-refractivity contribution in [2.24, 2.45) is 35.0 Å². The molecular weight excluding hydrogens is 416 g/mol. The average molecular weight is 451 g/mol. The predicted octanol–water partition coefficient (Wildman–Crippen LogP) is 3.64. The number of rotatable bonds is 4. The van der Waals surface area contributed by atoms with Gasteiger partial charge >= 0.3 is 5.97 Å². The van der Waals surface area contributed by atoms with Gasteiger partial charge in [-0.2, -0.15) is 0 Å². The summed E-state index contributed by atoms with van der Waals surface area (Å²) >= 11 is 0. The Kier molecular flexibility index (Phi) is 5.04. The number of benzene rings is 1. The van der Waals surface area contributed by atoms with Gasteiger partial charge in [0.2, 0.25) is 0 Å². The van der Waals surface area contributed by atoms with Crippen LogP contribution in [0.2, 0.25) is 0 Å². The molecule has 7 atom stereocenters. The van der Waals surface area contributed by atoms with E-state index in [1.165, 1.54) is 0 Å². The lowest BCUT2D eigenvalue weighted by Crippen LogP contribution is -2.49. The molecule has 1 aromatic rings. The number of carbonyl (C=O) groups is 2. The van der Waals surface area contributed by atoms with Crippen molar-refractivity contribution in [2.75, 3.05) is 6.61 Å². The molecule has 0 spiro atoms. The van der Waals surface area contributed by atoms with Crippen molar-refractivity contribution in [3.05, 3.63) is 59.2 Å². The number of carbonyl (C=O) groups excluding carboxylic acids is 2. The number of fused-ring (bicyclic) bond motifs is 5. The van der Waals surface area contributed by atoms with Crippen molar-refractivity contribution in [2.45, 2.75) is 58.2 Å². The van der Waals surface area contributed by atoms with E-state index in [4.69, 9.17) is 4.74 Å². The first-order chi connectivity index (χ1) is 15.5. The highest BCUT2D eigenvalue weighted by atomic mass is 16.6. The Balaban J connectivity index is 1.49. The standard InChI is InChI=1S/C28H34O5/c1-16-10-21-23-17(2)13-28(33-22(30)12-18-8-6-5-7-9-18)24(26(28,3)4)20(23)11-19(15-29)14-27(21,32)25(16)31/h5-11,17,20-21,23-24,29,32H,12-15H2,1-4H3/t17-,20-,21?,23?,24+,27-,28+/m1/s1. The van der Waals surface area contributed by atoms with E-state index >= 15 is 0 Å². The molecule has 176 valence electrons. The van der Waals surface area contributed by atoms with Crippen molar-refractivity contribution in [3.8, 4) is 0 Å². The number of Topliss-reactive ketones (excluding diaryl/α,β-unsaturated/α-hetero) is 1. The molecule has 0 bridgehead atoms. The maximum absolute atomic E-state index is 13.0. The summed E-state index contributed by atoms with van der Waals surface area (Å²) in [6, 6.07) is 9.64. The summed E-state index contributed by atoms with van der Waals surface area (Å²) in [6.45, 7) is 8.06. The third kappa shape index (κ3) is 3.12. The van der Waals surface area contributed by atoms with Gasteiger partial charge in [-0.25, -0.2) is 0 Å². The highest BCUT2D eigenvalue weighted by Gasteiger charge is 2.80. The first-order valence-corrected chi connectivity index (χ1v) is 12.1. The normalized spacial score (nSPS) is 40.5. The molecular formula is C28H34O5. The van der Waals surface area contributed by atoms with E-state index in [-0.39, 0.29) is 66.2 Å². The zero-order chi connectivity index (χ0) is 23.8. The van der Waals surface area contributed by atoms with E-state index in [1.54, 1.807) is 6.92 Å². The minimum absolute atomic E-state index is 0.0180. The van der Waals surface area contributed by atoms with E-state index in [9.17, 15) is 19.8 Å². The first-order valence-electron chi connectivity index (χ1n) is 12.1. The largest absolute Gasteiger partial charge is 0.458 e. The Bertz CT molecular complexity index is 1050. The van der Waals surface area contributed by atoms with Crippen LogP contribution in [0.15, 0.2) is 53.6 Å². The van der Waals surface area contributed by atoms with Crippen LogP contribution in [0.5, 0.6) is 0 Å². The molecule has 1 aromatic carbocycles. The smallest absolute Gasteiger partial charge is 0.310 e. The van der Waals surface area contributed by atoms with E-state index in [2.05, 4.69) is 26.8 Å². The van der Waals surface area contributed by atoms with Crippen LogP contribution in [0, 0.1) is 35.0 Å². The highest BCUT2D eigenvalue weighted by Crippen LogP contribution is 2.75. The van der Waals surface area contributed by atoms with Gasteiger partial charge in [0.25, 0.3) is 0 Å². The van der Waals surface area contributed by atoms with Gasteiger partial charge in [-0.1, -0.05) is 63.3 Å². The van der Waals surface area contributed by atoms with Gasteiger partial charge in [0.1, 0.15) is 11.2 Å². The maximum atomic E-state index is 13.0. The molecule has 0 radical (unpaired) electrons. The lowest BCUT2D eigenvalue weighted by atomic mass is 9.63. The number of hydrogen-bond acceptors (Lipinski definition) is 5. The van der Waals surface area contributed by atoms with Crippen molar-refractivity contribution in [1.29, 1.82) is 0 Å². The Labute approximate surface area is 195 Å². The first kappa shape index (κ1) is 22.5. The number of hydrogen-bond donors (Lipinski definition) is 2. The molecule has 4 aliphatic carbocycles. The topological polar surface area (TPSA) is 83.8 Å². The molecule has 2 unspecified atom stereocenters. The van der Waals surface area contributed by atoms with E-state index in [1.807, 2.05) is 36.4 Å². The highest BCUT2D eigenvalue weighted by molar-refractivity contribution is 6.04. The third-order valence-corrected chi connectivity index (χ3v) is 9.16. The summed E-state index contributed by atoms with van der Waals surface area (Å²) in [5.41, 5.74) is -0.0480. The number of aliphatic hydroxyl groups excluding tert-OH is 1. The number of ether oxygens (including phenoxy) is 1. The van der Waals surface area contributed by atoms with E-state index in [0.717, 1.165) is 5.56 Å². The predicted molar refractivity (Wildman–Crippen MR) is 124 cm³/mol. The fraction of sp³-hybridized carbons (Fsp3) is 0.571. The van der Waals surface area contributed by atoms with Crippen LogP contribution in [-0.2, 0) is 20.7 Å². The summed E-state index contributed by atoms with van der Waals surface area (Å²) in [5, 5.41) is 21.6. The van der Waals surface area contributed by atoms with Crippen molar-refractivity contribution in [1.82, 2.24) is 0 Å². The van der Waals surface area contributed by atoms with Gasteiger partial charge in [-0.15, -0.1) is 0 Å². The number of esters is 1. The van der Waals surface area contributed by atoms with E-state index in [0.29, 0.717) is 17.6 Å². The number of allylic oxidation sites excluding steroid dienone is 1. The average Bonchev–Trinajstić information content (AvgIpc) is 3.19. The summed E-state index contributed by atoms with van der Waals surface area (Å²) < 4.78 is 6.30. The lowest BCUT2D eigenvalue weighted by molar-refractivity contribution is -0.158. The number of ketones is 1. The Morgan fingerprint density at radius 1 is 1.18 bits per heavy atom. The summed E-state index contributed by atoms with van der Waals surface area (Å²) in [4.78, 5) is 26.0. The van der Waals surface area contributed by atoms with Gasteiger partial charge in [0.05, 0.1) is 13.0 Å². The summed E-state index contributed by atoms with van der Waals surface area (Å²) in [7, 11) is 0. The quantitative estimate of drug-likeness (QED) is 0.541. The summed E-state index contributed by atoms with van der Waals surface area (Å²) in [5.74, 6) is -0.443. The molecule has 2 saturated carbocycles. The molecule has 5 rings (SSSR count). The van der Waals surface area contributed by atoms with Crippen molar-refractivity contribution >= 4 is 11.8 Å². The molecule has 0 amide bonds. The third-order valence-electron chi connectivity index (χ3n) is 9.16. The van der Waals surface area contributed by atoms with Crippen LogP contribution in [0.25, 0.3) is 0 Å². The fourth-order valence-corrected chi connectivity index (χ4v) is 7.68. The zero-order valence-electron chi connectivity index (χ0n) is 19.9. The van der Waals surface area contributed by atoms with Gasteiger partial charge in [0, 0.05) is 23.7 Å². The maximum Gasteiger partial charge on any atom is 0.310 e. The van der Waals surface area contributed by atoms with Crippen molar-refractivity contribution < 1.29 is 24.5 Å².